The second kappa shape index (κ2) is 6.65. The molecule has 116 valence electrons. The zero-order valence-electron chi connectivity index (χ0n) is 14.3. The molecule has 0 saturated heterocycles. The normalized spacial score (nSPS) is 12.2. The molecular weight excluding hydrogens is 258 g/mol. The number of benzene rings is 1. The Bertz CT molecular complexity index is 593. The number of furan rings is 1. The molecule has 2 heteroatoms. The van der Waals surface area contributed by atoms with Crippen LogP contribution < -0.4 is 5.32 Å². The van der Waals surface area contributed by atoms with Crippen molar-refractivity contribution < 1.29 is 4.42 Å². The van der Waals surface area contributed by atoms with Crippen LogP contribution in [0.4, 0.5) is 0 Å². The van der Waals surface area contributed by atoms with E-state index in [0.29, 0.717) is 17.8 Å². The molecule has 1 aromatic heterocycles. The molecule has 0 saturated carbocycles. The van der Waals surface area contributed by atoms with Crippen molar-refractivity contribution in [1.29, 1.82) is 0 Å². The zero-order valence-corrected chi connectivity index (χ0v) is 14.3. The smallest absolute Gasteiger partial charge is 0.138 e. The number of hydrogen-bond donors (Lipinski definition) is 1. The van der Waals surface area contributed by atoms with Gasteiger partial charge in [-0.1, -0.05) is 59.7 Å². The molecule has 0 unspecified atom stereocenters. The van der Waals surface area contributed by atoms with Gasteiger partial charge in [-0.15, -0.1) is 0 Å². The van der Waals surface area contributed by atoms with E-state index in [9.17, 15) is 0 Å². The molecule has 0 bridgehead atoms. The van der Waals surface area contributed by atoms with Crippen LogP contribution in [-0.2, 0) is 6.54 Å². The summed E-state index contributed by atoms with van der Waals surface area (Å²) in [5.74, 6) is 2.72. The van der Waals surface area contributed by atoms with Gasteiger partial charge in [-0.3, -0.25) is 0 Å². The maximum Gasteiger partial charge on any atom is 0.138 e. The highest BCUT2D eigenvalue weighted by Gasteiger charge is 2.19. The molecule has 0 aliphatic rings. The monoisotopic (exact) mass is 287 g/mol. The molecule has 1 N–H and O–H groups in total. The fourth-order valence-corrected chi connectivity index (χ4v) is 2.90. The van der Waals surface area contributed by atoms with E-state index in [-0.39, 0.29) is 0 Å². The summed E-state index contributed by atoms with van der Waals surface area (Å²) in [5, 5.41) is 4.80. The number of hydrogen-bond acceptors (Lipinski definition) is 2. The van der Waals surface area contributed by atoms with Crippen LogP contribution in [-0.4, -0.2) is 6.54 Å². The fraction of sp³-hybridized carbons (Fsp3) is 0.579. The van der Waals surface area contributed by atoms with E-state index in [2.05, 4.69) is 65.1 Å². The van der Waals surface area contributed by atoms with Crippen LogP contribution in [0, 0.1) is 5.92 Å². The maximum absolute atomic E-state index is 6.27. The minimum atomic E-state index is 0.476. The first-order chi connectivity index (χ1) is 9.91. The molecule has 0 radical (unpaired) electrons. The molecule has 0 atom stereocenters. The van der Waals surface area contributed by atoms with Gasteiger partial charge in [0.05, 0.1) is 6.54 Å². The molecule has 2 aromatic rings. The first kappa shape index (κ1) is 16.1. The second-order valence-electron chi connectivity index (χ2n) is 7.00. The van der Waals surface area contributed by atoms with Gasteiger partial charge in [0.2, 0.25) is 0 Å². The summed E-state index contributed by atoms with van der Waals surface area (Å²) in [5.41, 5.74) is 3.76. The standard InChI is InChI=1S/C19H29NO/c1-12(2)10-20-11-17-18(14(5)6)16-9-7-8-15(13(3)4)19(16)21-17/h7-9,12-14,20H,10-11H2,1-6H3. The van der Waals surface area contributed by atoms with Crippen molar-refractivity contribution in [1.82, 2.24) is 5.32 Å². The summed E-state index contributed by atoms with van der Waals surface area (Å²) in [6.07, 6.45) is 0. The van der Waals surface area contributed by atoms with Gasteiger partial charge in [0, 0.05) is 10.9 Å². The van der Waals surface area contributed by atoms with Crippen LogP contribution in [0.1, 0.15) is 70.3 Å². The summed E-state index contributed by atoms with van der Waals surface area (Å²) in [4.78, 5) is 0. The van der Waals surface area contributed by atoms with Crippen molar-refractivity contribution in [2.45, 2.75) is 59.9 Å². The zero-order chi connectivity index (χ0) is 15.6. The minimum absolute atomic E-state index is 0.476. The van der Waals surface area contributed by atoms with Gasteiger partial charge in [-0.25, -0.2) is 0 Å². The Hall–Kier alpha value is -1.28. The van der Waals surface area contributed by atoms with Crippen LogP contribution in [0.2, 0.25) is 0 Å². The number of fused-ring (bicyclic) bond motifs is 1. The lowest BCUT2D eigenvalue weighted by molar-refractivity contribution is 0.476. The van der Waals surface area contributed by atoms with Crippen molar-refractivity contribution >= 4 is 11.0 Å². The van der Waals surface area contributed by atoms with Crippen molar-refractivity contribution in [2.24, 2.45) is 5.92 Å². The van der Waals surface area contributed by atoms with E-state index in [1.807, 2.05) is 0 Å². The molecule has 0 spiro atoms. The van der Waals surface area contributed by atoms with Crippen molar-refractivity contribution in [3.8, 4) is 0 Å². The van der Waals surface area contributed by atoms with E-state index in [1.165, 1.54) is 16.5 Å². The topological polar surface area (TPSA) is 25.2 Å². The van der Waals surface area contributed by atoms with Crippen LogP contribution in [0.25, 0.3) is 11.0 Å². The molecule has 0 fully saturated rings. The first-order valence-corrected chi connectivity index (χ1v) is 8.16. The molecule has 1 heterocycles. The average Bonchev–Trinajstić information content (AvgIpc) is 2.75. The Balaban J connectivity index is 2.44. The van der Waals surface area contributed by atoms with E-state index in [0.717, 1.165) is 24.4 Å². The second-order valence-corrected chi connectivity index (χ2v) is 7.00. The van der Waals surface area contributed by atoms with Crippen molar-refractivity contribution in [3.63, 3.8) is 0 Å². The van der Waals surface area contributed by atoms with Crippen LogP contribution in [0.15, 0.2) is 22.6 Å². The molecule has 0 amide bonds. The van der Waals surface area contributed by atoms with E-state index >= 15 is 0 Å². The molecule has 0 aliphatic heterocycles. The maximum atomic E-state index is 6.27. The quantitative estimate of drug-likeness (QED) is 0.767. The summed E-state index contributed by atoms with van der Waals surface area (Å²) < 4.78 is 6.27. The van der Waals surface area contributed by atoms with E-state index < -0.39 is 0 Å². The average molecular weight is 287 g/mol. The summed E-state index contributed by atoms with van der Waals surface area (Å²) in [6, 6.07) is 6.54. The Morgan fingerprint density at radius 3 is 2.29 bits per heavy atom. The highest BCUT2D eigenvalue weighted by Crippen LogP contribution is 2.35. The number of nitrogens with one attached hydrogen (secondary N) is 1. The van der Waals surface area contributed by atoms with Gasteiger partial charge in [-0.05, 0) is 29.9 Å². The summed E-state index contributed by atoms with van der Waals surface area (Å²) >= 11 is 0. The molecular formula is C19H29NO. The van der Waals surface area contributed by atoms with Crippen LogP contribution >= 0.6 is 0 Å². The lowest BCUT2D eigenvalue weighted by Crippen LogP contribution is -2.19. The molecule has 0 aliphatic carbocycles. The molecule has 1 aromatic carbocycles. The lowest BCUT2D eigenvalue weighted by Gasteiger charge is -2.09. The van der Waals surface area contributed by atoms with E-state index in [4.69, 9.17) is 4.42 Å². The summed E-state index contributed by atoms with van der Waals surface area (Å²) in [6.45, 7) is 15.2. The molecule has 2 nitrogen and oxygen atoms in total. The predicted molar refractivity (Wildman–Crippen MR) is 90.9 cm³/mol. The molecule has 21 heavy (non-hydrogen) atoms. The van der Waals surface area contributed by atoms with Crippen LogP contribution in [0.5, 0.6) is 0 Å². The molecule has 2 rings (SSSR count). The first-order valence-electron chi connectivity index (χ1n) is 8.16. The predicted octanol–water partition coefficient (Wildman–Crippen LogP) is 5.43. The highest BCUT2D eigenvalue weighted by molar-refractivity contribution is 5.86. The third kappa shape index (κ3) is 3.49. The number of rotatable bonds is 6. The Morgan fingerprint density at radius 2 is 1.71 bits per heavy atom. The third-order valence-electron chi connectivity index (χ3n) is 3.90. The lowest BCUT2D eigenvalue weighted by atomic mass is 9.95. The largest absolute Gasteiger partial charge is 0.459 e. The Kier molecular flexibility index (Phi) is 5.10. The van der Waals surface area contributed by atoms with E-state index in [1.54, 1.807) is 0 Å². The van der Waals surface area contributed by atoms with Gasteiger partial charge in [0.15, 0.2) is 0 Å². The van der Waals surface area contributed by atoms with Gasteiger partial charge < -0.3 is 9.73 Å². The van der Waals surface area contributed by atoms with Crippen molar-refractivity contribution in [3.05, 3.63) is 35.1 Å². The fourth-order valence-electron chi connectivity index (χ4n) is 2.90. The highest BCUT2D eigenvalue weighted by atomic mass is 16.3. The van der Waals surface area contributed by atoms with Gasteiger partial charge >= 0.3 is 0 Å². The summed E-state index contributed by atoms with van der Waals surface area (Å²) in [7, 11) is 0. The van der Waals surface area contributed by atoms with Gasteiger partial charge in [0.25, 0.3) is 0 Å². The SMILES string of the molecule is CC(C)CNCc1oc2c(C(C)C)cccc2c1C(C)C. The Labute approximate surface area is 128 Å². The van der Waals surface area contributed by atoms with Gasteiger partial charge in [-0.2, -0.15) is 0 Å². The minimum Gasteiger partial charge on any atom is -0.459 e. The Morgan fingerprint density at radius 1 is 1.00 bits per heavy atom. The van der Waals surface area contributed by atoms with Crippen LogP contribution in [0.3, 0.4) is 0 Å². The van der Waals surface area contributed by atoms with Gasteiger partial charge in [0.1, 0.15) is 11.3 Å². The van der Waals surface area contributed by atoms with Crippen molar-refractivity contribution in [2.75, 3.05) is 6.54 Å². The third-order valence-corrected chi connectivity index (χ3v) is 3.90. The number of para-hydroxylation sites is 1.